The van der Waals surface area contributed by atoms with E-state index in [-0.39, 0.29) is 6.04 Å². The number of nitrogens with two attached hydrogens (primary N) is 1. The van der Waals surface area contributed by atoms with Crippen molar-refractivity contribution < 1.29 is 4.42 Å². The van der Waals surface area contributed by atoms with Crippen LogP contribution in [-0.2, 0) is 0 Å². The van der Waals surface area contributed by atoms with Gasteiger partial charge in [-0.25, -0.2) is 0 Å². The lowest BCUT2D eigenvalue weighted by Crippen LogP contribution is -2.10. The van der Waals surface area contributed by atoms with Crippen molar-refractivity contribution in [3.05, 3.63) is 57.3 Å². The molecule has 2 aromatic heterocycles. The normalized spacial score (nSPS) is 13.1. The standard InChI is InChI=1S/C14H12BrNOS/c1-8-5-9(6-17-8)13(16)11-7-18-14-10(11)3-2-4-12(14)15/h2-7,13H,16H2,1H3. The zero-order chi connectivity index (χ0) is 12.7. The fraction of sp³-hybridized carbons (Fsp3) is 0.143. The molecule has 0 saturated carbocycles. The Bertz CT molecular complexity index is 701. The van der Waals surface area contributed by atoms with Gasteiger partial charge in [-0.15, -0.1) is 11.3 Å². The van der Waals surface area contributed by atoms with E-state index in [4.69, 9.17) is 10.2 Å². The average Bonchev–Trinajstić information content (AvgIpc) is 2.95. The summed E-state index contributed by atoms with van der Waals surface area (Å²) in [6, 6.07) is 8.06. The SMILES string of the molecule is Cc1cc(C(N)c2csc3c(Br)cccc23)co1. The molecule has 18 heavy (non-hydrogen) atoms. The quantitative estimate of drug-likeness (QED) is 0.748. The van der Waals surface area contributed by atoms with Crippen LogP contribution in [0.2, 0.25) is 0 Å². The maximum atomic E-state index is 6.32. The third kappa shape index (κ3) is 1.90. The molecule has 2 N–H and O–H groups in total. The highest BCUT2D eigenvalue weighted by Gasteiger charge is 2.16. The molecule has 0 radical (unpaired) electrons. The molecule has 2 heterocycles. The van der Waals surface area contributed by atoms with E-state index < -0.39 is 0 Å². The monoisotopic (exact) mass is 321 g/mol. The number of fused-ring (bicyclic) bond motifs is 1. The van der Waals surface area contributed by atoms with E-state index >= 15 is 0 Å². The molecular formula is C14H12BrNOS. The van der Waals surface area contributed by atoms with Crippen molar-refractivity contribution >= 4 is 37.4 Å². The number of furan rings is 1. The van der Waals surface area contributed by atoms with Crippen molar-refractivity contribution in [3.63, 3.8) is 0 Å². The molecule has 0 saturated heterocycles. The lowest BCUT2D eigenvalue weighted by Gasteiger charge is -2.08. The Labute approximate surface area is 118 Å². The van der Waals surface area contributed by atoms with E-state index in [1.54, 1.807) is 17.6 Å². The molecule has 92 valence electrons. The number of rotatable bonds is 2. The van der Waals surface area contributed by atoms with Crippen molar-refractivity contribution in [3.8, 4) is 0 Å². The van der Waals surface area contributed by atoms with Crippen LogP contribution in [0.1, 0.15) is 22.9 Å². The maximum Gasteiger partial charge on any atom is 0.101 e. The summed E-state index contributed by atoms with van der Waals surface area (Å²) < 4.78 is 7.69. The van der Waals surface area contributed by atoms with Gasteiger partial charge in [0.2, 0.25) is 0 Å². The first kappa shape index (κ1) is 12.0. The van der Waals surface area contributed by atoms with Crippen molar-refractivity contribution in [2.24, 2.45) is 5.73 Å². The van der Waals surface area contributed by atoms with Crippen molar-refractivity contribution in [1.82, 2.24) is 0 Å². The van der Waals surface area contributed by atoms with E-state index in [1.165, 1.54) is 10.1 Å². The fourth-order valence-electron chi connectivity index (χ4n) is 2.09. The zero-order valence-electron chi connectivity index (χ0n) is 9.81. The van der Waals surface area contributed by atoms with E-state index in [9.17, 15) is 0 Å². The first-order valence-corrected chi connectivity index (χ1v) is 7.30. The second-order valence-electron chi connectivity index (χ2n) is 4.28. The van der Waals surface area contributed by atoms with Gasteiger partial charge in [0.05, 0.1) is 12.3 Å². The lowest BCUT2D eigenvalue weighted by atomic mass is 10.0. The minimum absolute atomic E-state index is 0.134. The summed E-state index contributed by atoms with van der Waals surface area (Å²) in [6.07, 6.45) is 1.74. The summed E-state index contributed by atoms with van der Waals surface area (Å²) in [4.78, 5) is 0. The maximum absolute atomic E-state index is 6.32. The van der Waals surface area contributed by atoms with Crippen LogP contribution >= 0.6 is 27.3 Å². The number of halogens is 1. The van der Waals surface area contributed by atoms with Gasteiger partial charge in [-0.3, -0.25) is 0 Å². The smallest absolute Gasteiger partial charge is 0.101 e. The molecule has 4 heteroatoms. The average molecular weight is 322 g/mol. The zero-order valence-corrected chi connectivity index (χ0v) is 12.2. The van der Waals surface area contributed by atoms with Crippen LogP contribution in [-0.4, -0.2) is 0 Å². The van der Waals surface area contributed by atoms with Crippen LogP contribution < -0.4 is 5.73 Å². The number of hydrogen-bond donors (Lipinski definition) is 1. The van der Waals surface area contributed by atoms with Crippen LogP contribution in [0.25, 0.3) is 10.1 Å². The van der Waals surface area contributed by atoms with Crippen LogP contribution in [0.3, 0.4) is 0 Å². The van der Waals surface area contributed by atoms with Crippen LogP contribution in [0.4, 0.5) is 0 Å². The third-order valence-corrected chi connectivity index (χ3v) is 5.00. The van der Waals surface area contributed by atoms with Gasteiger partial charge in [0, 0.05) is 14.7 Å². The molecule has 0 aliphatic rings. The largest absolute Gasteiger partial charge is 0.469 e. The Morgan fingerprint density at radius 1 is 1.39 bits per heavy atom. The molecule has 0 aliphatic heterocycles. The molecule has 0 spiro atoms. The first-order valence-electron chi connectivity index (χ1n) is 5.63. The van der Waals surface area contributed by atoms with Crippen molar-refractivity contribution in [2.75, 3.05) is 0 Å². The minimum atomic E-state index is -0.134. The van der Waals surface area contributed by atoms with E-state index in [1.807, 2.05) is 19.1 Å². The lowest BCUT2D eigenvalue weighted by molar-refractivity contribution is 0.530. The summed E-state index contributed by atoms with van der Waals surface area (Å²) in [5.41, 5.74) is 8.49. The number of benzene rings is 1. The Balaban J connectivity index is 2.12. The highest BCUT2D eigenvalue weighted by molar-refractivity contribution is 9.10. The molecule has 0 fully saturated rings. The number of hydrogen-bond acceptors (Lipinski definition) is 3. The minimum Gasteiger partial charge on any atom is -0.469 e. The number of aryl methyl sites for hydroxylation is 1. The molecule has 0 aliphatic carbocycles. The van der Waals surface area contributed by atoms with Gasteiger partial charge in [-0.05, 0) is 51.3 Å². The van der Waals surface area contributed by atoms with Crippen LogP contribution in [0.5, 0.6) is 0 Å². The van der Waals surface area contributed by atoms with Gasteiger partial charge in [0.15, 0.2) is 0 Å². The van der Waals surface area contributed by atoms with Gasteiger partial charge in [0.1, 0.15) is 5.76 Å². The predicted octanol–water partition coefficient (Wildman–Crippen LogP) is 4.61. The highest BCUT2D eigenvalue weighted by Crippen LogP contribution is 2.36. The fourth-order valence-corrected chi connectivity index (χ4v) is 3.75. The molecule has 1 atom stereocenters. The first-order chi connectivity index (χ1) is 8.66. The molecule has 3 rings (SSSR count). The van der Waals surface area contributed by atoms with Crippen molar-refractivity contribution in [1.29, 1.82) is 0 Å². The Morgan fingerprint density at radius 2 is 2.22 bits per heavy atom. The van der Waals surface area contributed by atoms with Crippen LogP contribution in [0, 0.1) is 6.92 Å². The summed E-state index contributed by atoms with van der Waals surface area (Å²) in [5, 5.41) is 3.34. The second kappa shape index (κ2) is 4.53. The molecule has 0 bridgehead atoms. The molecule has 0 amide bonds. The molecule has 1 aromatic carbocycles. The third-order valence-electron chi connectivity index (χ3n) is 3.03. The Kier molecular flexibility index (Phi) is 3.01. The van der Waals surface area contributed by atoms with Gasteiger partial charge in [-0.2, -0.15) is 0 Å². The Morgan fingerprint density at radius 3 is 2.94 bits per heavy atom. The number of thiophene rings is 1. The second-order valence-corrected chi connectivity index (χ2v) is 6.01. The topological polar surface area (TPSA) is 39.2 Å². The van der Waals surface area contributed by atoms with E-state index in [0.717, 1.165) is 21.4 Å². The molecule has 1 unspecified atom stereocenters. The van der Waals surface area contributed by atoms with Gasteiger partial charge < -0.3 is 10.2 Å². The Hall–Kier alpha value is -1.10. The van der Waals surface area contributed by atoms with E-state index in [0.29, 0.717) is 0 Å². The summed E-state index contributed by atoms with van der Waals surface area (Å²) in [7, 11) is 0. The van der Waals surface area contributed by atoms with Crippen molar-refractivity contribution in [2.45, 2.75) is 13.0 Å². The summed E-state index contributed by atoms with van der Waals surface area (Å²) in [6.45, 7) is 1.93. The molecule has 3 aromatic rings. The van der Waals surface area contributed by atoms with Crippen LogP contribution in [0.15, 0.2) is 44.8 Å². The van der Waals surface area contributed by atoms with Gasteiger partial charge in [-0.1, -0.05) is 12.1 Å². The molecule has 2 nitrogen and oxygen atoms in total. The van der Waals surface area contributed by atoms with Gasteiger partial charge >= 0.3 is 0 Å². The molecular weight excluding hydrogens is 310 g/mol. The van der Waals surface area contributed by atoms with Gasteiger partial charge in [0.25, 0.3) is 0 Å². The predicted molar refractivity (Wildman–Crippen MR) is 79.0 cm³/mol. The summed E-state index contributed by atoms with van der Waals surface area (Å²) in [5.74, 6) is 0.890. The summed E-state index contributed by atoms with van der Waals surface area (Å²) >= 11 is 5.28. The highest BCUT2D eigenvalue weighted by atomic mass is 79.9. The van der Waals surface area contributed by atoms with E-state index in [2.05, 4.69) is 33.4 Å².